The van der Waals surface area contributed by atoms with Crippen molar-refractivity contribution in [3.8, 4) is 5.75 Å². The van der Waals surface area contributed by atoms with Crippen molar-refractivity contribution in [2.24, 2.45) is 11.7 Å². The Labute approximate surface area is 139 Å². The molecule has 1 unspecified atom stereocenters. The first kappa shape index (κ1) is 15.8. The number of aromatic nitrogens is 1. The number of nitrogens with zero attached hydrogens (tertiary/aromatic N) is 1. The zero-order valence-corrected chi connectivity index (χ0v) is 13.7. The van der Waals surface area contributed by atoms with Crippen LogP contribution in [0.4, 0.5) is 10.8 Å². The SMILES string of the molecule is COc1ccc(Nc2nc(C(=O)NCC(N)C3CC3)cs2)cc1. The third kappa shape index (κ3) is 4.20. The molecule has 1 fully saturated rings. The Balaban J connectivity index is 1.54. The van der Waals surface area contributed by atoms with Gasteiger partial charge >= 0.3 is 0 Å². The molecule has 23 heavy (non-hydrogen) atoms. The van der Waals surface area contributed by atoms with Gasteiger partial charge < -0.3 is 21.1 Å². The fourth-order valence-electron chi connectivity index (χ4n) is 2.23. The van der Waals surface area contributed by atoms with Gasteiger partial charge in [0.25, 0.3) is 5.91 Å². The first-order valence-electron chi connectivity index (χ1n) is 7.56. The summed E-state index contributed by atoms with van der Waals surface area (Å²) in [5.74, 6) is 1.18. The standard InChI is InChI=1S/C16H20N4O2S/c1-22-12-6-4-11(5-7-12)19-16-20-14(9-23-16)15(21)18-8-13(17)10-2-3-10/h4-7,9-10,13H,2-3,8,17H2,1H3,(H,18,21)(H,19,20). The highest BCUT2D eigenvalue weighted by molar-refractivity contribution is 7.14. The van der Waals surface area contributed by atoms with E-state index in [-0.39, 0.29) is 11.9 Å². The maximum Gasteiger partial charge on any atom is 0.270 e. The molecule has 7 heteroatoms. The summed E-state index contributed by atoms with van der Waals surface area (Å²) in [5.41, 5.74) is 7.28. The number of rotatable bonds is 7. The minimum Gasteiger partial charge on any atom is -0.497 e. The highest BCUT2D eigenvalue weighted by Gasteiger charge is 2.28. The minimum atomic E-state index is -0.180. The van der Waals surface area contributed by atoms with Crippen LogP contribution in [0.1, 0.15) is 23.3 Å². The number of methoxy groups -OCH3 is 1. The van der Waals surface area contributed by atoms with E-state index < -0.39 is 0 Å². The third-order valence-electron chi connectivity index (χ3n) is 3.80. The lowest BCUT2D eigenvalue weighted by Crippen LogP contribution is -2.38. The Morgan fingerprint density at radius 1 is 1.43 bits per heavy atom. The van der Waals surface area contributed by atoms with Gasteiger partial charge in [0.05, 0.1) is 7.11 Å². The van der Waals surface area contributed by atoms with Crippen molar-refractivity contribution in [3.05, 3.63) is 35.3 Å². The van der Waals surface area contributed by atoms with Crippen LogP contribution in [0, 0.1) is 5.92 Å². The number of carbonyl (C=O) groups excluding carboxylic acids is 1. The van der Waals surface area contributed by atoms with E-state index >= 15 is 0 Å². The molecule has 1 aliphatic rings. The summed E-state index contributed by atoms with van der Waals surface area (Å²) in [6.07, 6.45) is 2.34. The Hall–Kier alpha value is -2.12. The second-order valence-corrected chi connectivity index (χ2v) is 6.46. The van der Waals surface area contributed by atoms with E-state index in [1.807, 2.05) is 24.3 Å². The minimum absolute atomic E-state index is 0.0504. The molecule has 0 aliphatic heterocycles. The lowest BCUT2D eigenvalue weighted by atomic mass is 10.2. The topological polar surface area (TPSA) is 89.3 Å². The number of hydrogen-bond acceptors (Lipinski definition) is 6. The predicted octanol–water partition coefficient (Wildman–Crippen LogP) is 2.36. The summed E-state index contributed by atoms with van der Waals surface area (Å²) < 4.78 is 5.12. The van der Waals surface area contributed by atoms with Gasteiger partial charge in [0.15, 0.2) is 5.13 Å². The van der Waals surface area contributed by atoms with Gasteiger partial charge in [0.2, 0.25) is 0 Å². The van der Waals surface area contributed by atoms with Gasteiger partial charge in [-0.25, -0.2) is 4.98 Å². The maximum atomic E-state index is 12.1. The normalized spacial score (nSPS) is 15.0. The molecule has 0 saturated heterocycles. The Morgan fingerprint density at radius 3 is 2.83 bits per heavy atom. The van der Waals surface area contributed by atoms with Gasteiger partial charge in [0, 0.05) is 23.7 Å². The molecule has 2 aromatic rings. The summed E-state index contributed by atoms with van der Waals surface area (Å²) >= 11 is 1.39. The van der Waals surface area contributed by atoms with Crippen LogP contribution >= 0.6 is 11.3 Å². The largest absolute Gasteiger partial charge is 0.497 e. The fourth-order valence-corrected chi connectivity index (χ4v) is 2.94. The number of hydrogen-bond donors (Lipinski definition) is 3. The number of ether oxygens (including phenoxy) is 1. The van der Waals surface area contributed by atoms with Crippen LogP contribution in [0.25, 0.3) is 0 Å². The zero-order valence-electron chi connectivity index (χ0n) is 12.9. The third-order valence-corrected chi connectivity index (χ3v) is 4.56. The molecule has 1 atom stereocenters. The van der Waals surface area contributed by atoms with E-state index in [4.69, 9.17) is 10.5 Å². The number of thiazole rings is 1. The first-order valence-corrected chi connectivity index (χ1v) is 8.44. The number of nitrogens with one attached hydrogen (secondary N) is 2. The molecule has 1 heterocycles. The van der Waals surface area contributed by atoms with E-state index in [0.29, 0.717) is 23.3 Å². The number of benzene rings is 1. The van der Waals surface area contributed by atoms with Gasteiger partial charge in [-0.3, -0.25) is 4.79 Å². The van der Waals surface area contributed by atoms with Crippen molar-refractivity contribution in [1.29, 1.82) is 0 Å². The van der Waals surface area contributed by atoms with E-state index in [0.717, 1.165) is 11.4 Å². The number of amides is 1. The van der Waals surface area contributed by atoms with Crippen molar-refractivity contribution in [1.82, 2.24) is 10.3 Å². The van der Waals surface area contributed by atoms with Gasteiger partial charge in [0.1, 0.15) is 11.4 Å². The summed E-state index contributed by atoms with van der Waals surface area (Å²) in [5, 5.41) is 8.43. The molecule has 1 amide bonds. The first-order chi connectivity index (χ1) is 11.2. The van der Waals surface area contributed by atoms with Crippen LogP contribution in [0.2, 0.25) is 0 Å². The highest BCUT2D eigenvalue weighted by atomic mass is 32.1. The molecule has 1 aromatic heterocycles. The van der Waals surface area contributed by atoms with Crippen LogP contribution in [0.15, 0.2) is 29.6 Å². The zero-order chi connectivity index (χ0) is 16.2. The van der Waals surface area contributed by atoms with Crippen LogP contribution in [0.5, 0.6) is 5.75 Å². The van der Waals surface area contributed by atoms with Gasteiger partial charge in [-0.15, -0.1) is 11.3 Å². The molecule has 3 rings (SSSR count). The predicted molar refractivity (Wildman–Crippen MR) is 91.4 cm³/mol. The Bertz CT molecular complexity index is 667. The summed E-state index contributed by atoms with van der Waals surface area (Å²) in [7, 11) is 1.63. The number of anilines is 2. The molecule has 0 bridgehead atoms. The Morgan fingerprint density at radius 2 is 2.17 bits per heavy atom. The summed E-state index contributed by atoms with van der Waals surface area (Å²) in [4.78, 5) is 16.4. The smallest absolute Gasteiger partial charge is 0.270 e. The molecule has 1 aliphatic carbocycles. The molecule has 1 aromatic carbocycles. The molecule has 6 nitrogen and oxygen atoms in total. The molecule has 122 valence electrons. The van der Waals surface area contributed by atoms with Crippen LogP contribution in [-0.2, 0) is 0 Å². The summed E-state index contributed by atoms with van der Waals surface area (Å²) in [6, 6.07) is 7.57. The van der Waals surface area contributed by atoms with E-state index in [9.17, 15) is 4.79 Å². The van der Waals surface area contributed by atoms with E-state index in [1.165, 1.54) is 24.2 Å². The van der Waals surface area contributed by atoms with Crippen molar-refractivity contribution < 1.29 is 9.53 Å². The van der Waals surface area contributed by atoms with Crippen molar-refractivity contribution in [2.75, 3.05) is 19.0 Å². The van der Waals surface area contributed by atoms with Gasteiger partial charge in [-0.05, 0) is 43.0 Å². The van der Waals surface area contributed by atoms with E-state index in [2.05, 4.69) is 15.6 Å². The molecule has 0 radical (unpaired) electrons. The maximum absolute atomic E-state index is 12.1. The number of carbonyl (C=O) groups is 1. The molecule has 4 N–H and O–H groups in total. The molecule has 0 spiro atoms. The lowest BCUT2D eigenvalue weighted by Gasteiger charge is -2.10. The molecule has 1 saturated carbocycles. The summed E-state index contributed by atoms with van der Waals surface area (Å²) in [6.45, 7) is 0.502. The van der Waals surface area contributed by atoms with Crippen LogP contribution < -0.4 is 21.1 Å². The lowest BCUT2D eigenvalue weighted by molar-refractivity contribution is 0.0946. The number of nitrogens with two attached hydrogens (primary N) is 1. The van der Waals surface area contributed by atoms with Crippen LogP contribution in [0.3, 0.4) is 0 Å². The second kappa shape index (κ2) is 6.97. The van der Waals surface area contributed by atoms with Crippen molar-refractivity contribution in [3.63, 3.8) is 0 Å². The average molecular weight is 332 g/mol. The van der Waals surface area contributed by atoms with E-state index in [1.54, 1.807) is 12.5 Å². The van der Waals surface area contributed by atoms with Crippen molar-refractivity contribution >= 4 is 28.1 Å². The fraction of sp³-hybridized carbons (Fsp3) is 0.375. The van der Waals surface area contributed by atoms with Gasteiger partial charge in [-0.1, -0.05) is 0 Å². The van der Waals surface area contributed by atoms with Crippen LogP contribution in [-0.4, -0.2) is 30.6 Å². The quantitative estimate of drug-likeness (QED) is 0.724. The molecular formula is C16H20N4O2S. The van der Waals surface area contributed by atoms with Gasteiger partial charge in [-0.2, -0.15) is 0 Å². The molecular weight excluding hydrogens is 312 g/mol. The van der Waals surface area contributed by atoms with Crippen molar-refractivity contribution in [2.45, 2.75) is 18.9 Å². The second-order valence-electron chi connectivity index (χ2n) is 5.60. The Kier molecular flexibility index (Phi) is 4.78. The monoisotopic (exact) mass is 332 g/mol. The average Bonchev–Trinajstić information content (AvgIpc) is 3.33. The highest BCUT2D eigenvalue weighted by Crippen LogP contribution is 2.31.